The molecule has 1 aliphatic heterocycles. The van der Waals surface area contributed by atoms with Gasteiger partial charge in [-0.2, -0.15) is 0 Å². The third-order valence-corrected chi connectivity index (χ3v) is 9.79. The van der Waals surface area contributed by atoms with Crippen LogP contribution in [0.1, 0.15) is 65.2 Å². The number of epoxide rings is 1. The fraction of sp³-hybridized carbons (Fsp3) is 0.625. The summed E-state index contributed by atoms with van der Waals surface area (Å²) in [5, 5.41) is 0. The summed E-state index contributed by atoms with van der Waals surface area (Å²) in [6.45, 7) is 12.3. The van der Waals surface area contributed by atoms with Gasteiger partial charge >= 0.3 is 17.9 Å². The van der Waals surface area contributed by atoms with Gasteiger partial charge in [-0.25, -0.2) is 4.79 Å². The van der Waals surface area contributed by atoms with E-state index in [1.807, 2.05) is 33.8 Å². The zero-order valence-electron chi connectivity index (χ0n) is 25.0. The van der Waals surface area contributed by atoms with Crippen molar-refractivity contribution in [2.75, 3.05) is 7.11 Å². The summed E-state index contributed by atoms with van der Waals surface area (Å²) in [5.41, 5.74) is -1.88. The van der Waals surface area contributed by atoms with Crippen LogP contribution >= 0.6 is 0 Å². The molecule has 10 atom stereocenters. The number of carbonyl (C=O) groups is 4. The van der Waals surface area contributed by atoms with Gasteiger partial charge < -0.3 is 23.7 Å². The van der Waals surface area contributed by atoms with Crippen LogP contribution in [0.2, 0.25) is 0 Å². The predicted octanol–water partition coefficient (Wildman–Crippen LogP) is 4.08. The lowest BCUT2D eigenvalue weighted by atomic mass is 9.80. The van der Waals surface area contributed by atoms with Gasteiger partial charge in [0.1, 0.15) is 24.4 Å². The third kappa shape index (κ3) is 4.52. The Hall–Kier alpha value is -3.04. The van der Waals surface area contributed by atoms with Gasteiger partial charge in [0.2, 0.25) is 0 Å². The van der Waals surface area contributed by atoms with Gasteiger partial charge in [-0.15, -0.1) is 0 Å². The lowest BCUT2D eigenvalue weighted by molar-refractivity contribution is -0.154. The fourth-order valence-corrected chi connectivity index (χ4v) is 7.91. The Balaban J connectivity index is 1.67. The maximum absolute atomic E-state index is 14.4. The van der Waals surface area contributed by atoms with Crippen molar-refractivity contribution < 1.29 is 42.9 Å². The Morgan fingerprint density at radius 3 is 2.12 bits per heavy atom. The van der Waals surface area contributed by atoms with E-state index in [1.165, 1.54) is 13.8 Å². The molecule has 1 heterocycles. The highest BCUT2D eigenvalue weighted by molar-refractivity contribution is 5.96. The molecule has 222 valence electrons. The SMILES string of the molecule is CO[C@@H]1[C@H]2[C@@H]([C@H](OC(C)=O)[C@H](C)C(=O)[C@@]34C[C@H](C)[C@H](OC(C)=O)[C@]3(/C=C(\C)[C@H]1OC(=O)c1ccccc1)O4)C2(C)C. The number of Topliss-reactive ketones (excluding diaryl/α,β-unsaturated/α-hetero) is 1. The Kier molecular flexibility index (Phi) is 7.22. The molecule has 0 amide bonds. The van der Waals surface area contributed by atoms with Gasteiger partial charge in [0.25, 0.3) is 0 Å². The van der Waals surface area contributed by atoms with Crippen molar-refractivity contribution in [1.29, 1.82) is 0 Å². The van der Waals surface area contributed by atoms with Crippen molar-refractivity contribution >= 4 is 23.7 Å². The first-order valence-electron chi connectivity index (χ1n) is 14.3. The highest BCUT2D eigenvalue weighted by atomic mass is 16.7. The van der Waals surface area contributed by atoms with Crippen LogP contribution in [-0.2, 0) is 38.1 Å². The van der Waals surface area contributed by atoms with E-state index in [9.17, 15) is 19.2 Å². The molecule has 41 heavy (non-hydrogen) atoms. The minimum absolute atomic E-state index is 0.184. The summed E-state index contributed by atoms with van der Waals surface area (Å²) < 4.78 is 30.3. The largest absolute Gasteiger partial charge is 0.461 e. The Bertz CT molecular complexity index is 1290. The summed E-state index contributed by atoms with van der Waals surface area (Å²) in [4.78, 5) is 52.2. The molecule has 1 aromatic rings. The van der Waals surface area contributed by atoms with Gasteiger partial charge in [-0.3, -0.25) is 14.4 Å². The van der Waals surface area contributed by atoms with E-state index < -0.39 is 64.9 Å². The molecule has 9 heteroatoms. The van der Waals surface area contributed by atoms with E-state index in [4.69, 9.17) is 23.7 Å². The van der Waals surface area contributed by atoms with Gasteiger partial charge in [0, 0.05) is 32.8 Å². The molecule has 2 saturated carbocycles. The molecular weight excluding hydrogens is 528 g/mol. The Labute approximate surface area is 240 Å². The summed E-state index contributed by atoms with van der Waals surface area (Å²) in [6.07, 6.45) is -0.802. The van der Waals surface area contributed by atoms with Crippen LogP contribution in [0.15, 0.2) is 42.0 Å². The maximum Gasteiger partial charge on any atom is 0.338 e. The number of rotatable bonds is 5. The standard InChI is InChI=1S/C32H40O9/c1-16-14-32-28(39-20(5)34)17(2)15-31(32,41-32)27(35)18(3)25(38-19(4)33)22-23(30(22,6)7)26(37-8)24(16)40-29(36)21-12-10-9-11-13-21/h9-14,17-18,22-26,28H,15H2,1-8H3/b16-14+/t17-,18-,22-,23+,24+,25+,26+,28-,31-,32-/m0/s1. The average molecular weight is 569 g/mol. The number of benzene rings is 1. The number of hydrogen-bond acceptors (Lipinski definition) is 9. The predicted molar refractivity (Wildman–Crippen MR) is 147 cm³/mol. The minimum Gasteiger partial charge on any atom is -0.461 e. The lowest BCUT2D eigenvalue weighted by Gasteiger charge is -2.30. The van der Waals surface area contributed by atoms with E-state index in [0.717, 1.165) is 0 Å². The average Bonchev–Trinajstić information content (AvgIpc) is 3.70. The number of fused-ring (bicyclic) bond motifs is 1. The number of carbonyl (C=O) groups excluding carboxylic acids is 4. The first-order chi connectivity index (χ1) is 19.2. The minimum atomic E-state index is -1.26. The monoisotopic (exact) mass is 568 g/mol. The molecule has 1 aromatic carbocycles. The number of ketones is 1. The number of esters is 3. The third-order valence-electron chi connectivity index (χ3n) is 9.79. The van der Waals surface area contributed by atoms with Gasteiger partial charge in [-0.1, -0.05) is 45.9 Å². The molecule has 0 radical (unpaired) electrons. The first-order valence-corrected chi connectivity index (χ1v) is 14.3. The van der Waals surface area contributed by atoms with Crippen LogP contribution in [0.25, 0.3) is 0 Å². The van der Waals surface area contributed by atoms with Crippen molar-refractivity contribution in [1.82, 2.24) is 0 Å². The molecule has 1 saturated heterocycles. The van der Waals surface area contributed by atoms with Crippen LogP contribution in [0.4, 0.5) is 0 Å². The normalized spacial score (nSPS) is 41.8. The van der Waals surface area contributed by atoms with Crippen LogP contribution in [0, 0.1) is 29.1 Å². The van der Waals surface area contributed by atoms with E-state index in [2.05, 4.69) is 0 Å². The van der Waals surface area contributed by atoms with Crippen LogP contribution in [-0.4, -0.2) is 66.4 Å². The second-order valence-electron chi connectivity index (χ2n) is 12.8. The molecule has 0 N–H and O–H groups in total. The van der Waals surface area contributed by atoms with Crippen LogP contribution in [0.5, 0.6) is 0 Å². The molecule has 0 aromatic heterocycles. The molecule has 0 bridgehead atoms. The van der Waals surface area contributed by atoms with Crippen LogP contribution < -0.4 is 0 Å². The fourth-order valence-electron chi connectivity index (χ4n) is 7.91. The second kappa shape index (κ2) is 10.1. The number of hydrogen-bond donors (Lipinski definition) is 0. The molecule has 3 aliphatic carbocycles. The van der Waals surface area contributed by atoms with Crippen LogP contribution in [0.3, 0.4) is 0 Å². The molecule has 0 spiro atoms. The molecule has 3 fully saturated rings. The lowest BCUT2D eigenvalue weighted by Crippen LogP contribution is -2.43. The summed E-state index contributed by atoms with van der Waals surface area (Å²) in [7, 11) is 1.57. The van der Waals surface area contributed by atoms with Gasteiger partial charge in [0.15, 0.2) is 17.0 Å². The molecule has 4 aliphatic rings. The van der Waals surface area contributed by atoms with Crippen molar-refractivity contribution in [3.05, 3.63) is 47.5 Å². The second-order valence-corrected chi connectivity index (χ2v) is 12.8. The molecular formula is C32H40O9. The zero-order chi connectivity index (χ0) is 30.1. The highest BCUT2D eigenvalue weighted by Crippen LogP contribution is 2.68. The molecule has 9 nitrogen and oxygen atoms in total. The number of ether oxygens (including phenoxy) is 5. The highest BCUT2D eigenvalue weighted by Gasteiger charge is 2.84. The topological polar surface area (TPSA) is 118 Å². The van der Waals surface area contributed by atoms with Gasteiger partial charge in [-0.05, 0) is 48.5 Å². The summed E-state index contributed by atoms with van der Waals surface area (Å²) in [5.74, 6) is -3.00. The molecule has 0 unspecified atom stereocenters. The van der Waals surface area contributed by atoms with Crippen molar-refractivity contribution in [3.8, 4) is 0 Å². The quantitative estimate of drug-likeness (QED) is 0.224. The number of methoxy groups -OCH3 is 1. The summed E-state index contributed by atoms with van der Waals surface area (Å²) in [6, 6.07) is 8.70. The van der Waals surface area contributed by atoms with E-state index in [0.29, 0.717) is 17.6 Å². The van der Waals surface area contributed by atoms with Crippen molar-refractivity contribution in [3.63, 3.8) is 0 Å². The first kappa shape index (κ1) is 29.5. The Morgan fingerprint density at radius 2 is 1.54 bits per heavy atom. The van der Waals surface area contributed by atoms with Crippen molar-refractivity contribution in [2.24, 2.45) is 29.1 Å². The summed E-state index contributed by atoms with van der Waals surface area (Å²) >= 11 is 0. The van der Waals surface area contributed by atoms with Gasteiger partial charge in [0.05, 0.1) is 11.5 Å². The smallest absolute Gasteiger partial charge is 0.338 e. The molecule has 5 rings (SSSR count). The maximum atomic E-state index is 14.4. The van der Waals surface area contributed by atoms with E-state index in [-0.39, 0.29) is 23.5 Å². The Morgan fingerprint density at radius 1 is 0.927 bits per heavy atom. The van der Waals surface area contributed by atoms with E-state index in [1.54, 1.807) is 44.4 Å². The zero-order valence-corrected chi connectivity index (χ0v) is 25.0. The van der Waals surface area contributed by atoms with E-state index >= 15 is 0 Å². The van der Waals surface area contributed by atoms with Crippen molar-refractivity contribution in [2.45, 2.75) is 90.5 Å².